The van der Waals surface area contributed by atoms with E-state index in [0.717, 1.165) is 16.7 Å². The highest BCUT2D eigenvalue weighted by molar-refractivity contribution is 5.96. The standard InChI is InChI=1S/C40H49N3O11/c1-39(2,3)53-31(46)18-17-27(22-44)41-36(47)28-11-7-19-42(28)38(49)40-20-30-32-33(51-23-50-32)35(40)54-43(34(40)37(48)52-30)21-25-15-13-24(14-16-25)8-6-10-26-9-4-5-12-29(26)45/h4-6,8-9,12-16,27-28,30,32-35,44-45H,7,10-11,17-23H2,1-3H3,(H,41,47)/t27-,28+,30+,32-,33-,34-,35+,40-/m0/s1. The number of hydrogen-bond acceptors (Lipinski definition) is 12. The maximum Gasteiger partial charge on any atom is 0.327 e. The van der Waals surface area contributed by atoms with E-state index < -0.39 is 78.0 Å². The van der Waals surface area contributed by atoms with Gasteiger partial charge in [-0.25, -0.2) is 0 Å². The number of likely N-dealkylation sites (tertiary alicyclic amines) is 1. The largest absolute Gasteiger partial charge is 0.508 e. The van der Waals surface area contributed by atoms with Gasteiger partial charge >= 0.3 is 11.9 Å². The molecule has 7 rings (SSSR count). The van der Waals surface area contributed by atoms with Gasteiger partial charge in [-0.3, -0.25) is 24.0 Å². The molecule has 2 amide bonds. The van der Waals surface area contributed by atoms with E-state index in [4.69, 9.17) is 23.8 Å². The second kappa shape index (κ2) is 15.4. The Morgan fingerprint density at radius 2 is 1.85 bits per heavy atom. The van der Waals surface area contributed by atoms with Crippen molar-refractivity contribution in [1.82, 2.24) is 15.3 Å². The molecule has 0 unspecified atom stereocenters. The number of amides is 2. The van der Waals surface area contributed by atoms with Gasteiger partial charge in [0.15, 0.2) is 6.04 Å². The molecule has 8 atom stereocenters. The number of nitrogens with one attached hydrogen (secondary N) is 1. The van der Waals surface area contributed by atoms with Crippen LogP contribution in [0.3, 0.4) is 0 Å². The Morgan fingerprint density at radius 3 is 2.59 bits per heavy atom. The van der Waals surface area contributed by atoms with Crippen LogP contribution in [0.4, 0.5) is 0 Å². The summed E-state index contributed by atoms with van der Waals surface area (Å²) in [6, 6.07) is 12.3. The Morgan fingerprint density at radius 1 is 1.09 bits per heavy atom. The number of hydroxylamine groups is 2. The van der Waals surface area contributed by atoms with Gasteiger partial charge in [0, 0.05) is 19.4 Å². The average Bonchev–Trinajstić information content (AvgIpc) is 3.89. The molecule has 1 aliphatic carbocycles. The molecule has 2 aromatic rings. The fourth-order valence-corrected chi connectivity index (χ4v) is 8.47. The number of aliphatic hydroxyl groups excluding tert-OH is 1. The first-order chi connectivity index (χ1) is 25.9. The van der Waals surface area contributed by atoms with Gasteiger partial charge in [-0.15, -0.1) is 0 Å². The zero-order valence-electron chi connectivity index (χ0n) is 30.8. The van der Waals surface area contributed by atoms with Crippen molar-refractivity contribution in [3.8, 4) is 5.75 Å². The molecule has 4 aliphatic heterocycles. The molecule has 1 saturated carbocycles. The summed E-state index contributed by atoms with van der Waals surface area (Å²) >= 11 is 0. The smallest absolute Gasteiger partial charge is 0.327 e. The van der Waals surface area contributed by atoms with Crippen molar-refractivity contribution in [3.63, 3.8) is 0 Å². The van der Waals surface area contributed by atoms with Crippen molar-refractivity contribution in [1.29, 1.82) is 0 Å². The lowest BCUT2D eigenvalue weighted by Crippen LogP contribution is -2.70. The number of hydrogen-bond donors (Lipinski definition) is 3. The Bertz CT molecular complexity index is 1760. The Labute approximate surface area is 314 Å². The highest BCUT2D eigenvalue weighted by Gasteiger charge is 2.75. The van der Waals surface area contributed by atoms with Crippen LogP contribution in [0.5, 0.6) is 5.75 Å². The Balaban J connectivity index is 1.08. The van der Waals surface area contributed by atoms with Gasteiger partial charge in [0.25, 0.3) is 0 Å². The molecular weight excluding hydrogens is 698 g/mol. The van der Waals surface area contributed by atoms with Gasteiger partial charge in [0.2, 0.25) is 11.8 Å². The van der Waals surface area contributed by atoms with E-state index in [-0.39, 0.29) is 44.3 Å². The number of carbonyl (C=O) groups excluding carboxylic acids is 4. The van der Waals surface area contributed by atoms with Crippen LogP contribution in [0.25, 0.3) is 6.08 Å². The molecular formula is C40H49N3O11. The first-order valence-electron chi connectivity index (χ1n) is 18.7. The predicted octanol–water partition coefficient (Wildman–Crippen LogP) is 2.78. The summed E-state index contributed by atoms with van der Waals surface area (Å²) in [5.74, 6) is -1.60. The SMILES string of the molecule is CC(C)(C)OC(=O)CC[C@@H](CO)NC(=O)[C@H]1CCCN1C(=O)[C@@]12C[C@H]3OC(=O)[C@@H]1N(Cc1ccc(C=CCc4ccccc4O)cc1)O[C@@H]2[C@H]1OCO[C@H]13. The van der Waals surface area contributed by atoms with E-state index >= 15 is 4.79 Å². The van der Waals surface area contributed by atoms with Gasteiger partial charge in [-0.1, -0.05) is 54.6 Å². The fraction of sp³-hybridized carbons (Fsp3) is 0.550. The second-order valence-corrected chi connectivity index (χ2v) is 15.8. The molecule has 14 nitrogen and oxygen atoms in total. The van der Waals surface area contributed by atoms with E-state index in [0.29, 0.717) is 25.8 Å². The summed E-state index contributed by atoms with van der Waals surface area (Å²) in [6.45, 7) is 5.35. The molecule has 4 heterocycles. The molecule has 54 heavy (non-hydrogen) atoms. The first-order valence-corrected chi connectivity index (χ1v) is 18.7. The van der Waals surface area contributed by atoms with Crippen LogP contribution in [0, 0.1) is 5.41 Å². The minimum atomic E-state index is -1.41. The van der Waals surface area contributed by atoms with E-state index in [1.165, 1.54) is 9.96 Å². The second-order valence-electron chi connectivity index (χ2n) is 15.8. The zero-order chi connectivity index (χ0) is 38.2. The molecule has 0 radical (unpaired) electrons. The summed E-state index contributed by atoms with van der Waals surface area (Å²) in [7, 11) is 0. The third-order valence-electron chi connectivity index (χ3n) is 10.9. The molecule has 290 valence electrons. The van der Waals surface area contributed by atoms with Gasteiger partial charge in [0.1, 0.15) is 54.0 Å². The van der Waals surface area contributed by atoms with Gasteiger partial charge in [-0.05, 0) is 69.2 Å². The monoisotopic (exact) mass is 747 g/mol. The van der Waals surface area contributed by atoms with Gasteiger partial charge in [-0.2, -0.15) is 5.06 Å². The molecule has 2 aromatic carbocycles. The summed E-state index contributed by atoms with van der Waals surface area (Å²) in [4.78, 5) is 63.1. The molecule has 14 heteroatoms. The molecule has 2 bridgehead atoms. The van der Waals surface area contributed by atoms with Crippen LogP contribution in [0.1, 0.15) is 69.6 Å². The summed E-state index contributed by atoms with van der Waals surface area (Å²) < 4.78 is 23.1. The van der Waals surface area contributed by atoms with Gasteiger partial charge in [0.05, 0.1) is 19.2 Å². The number of nitrogens with zero attached hydrogens (tertiary/aromatic N) is 2. The van der Waals surface area contributed by atoms with Crippen molar-refractivity contribution < 1.29 is 53.2 Å². The fourth-order valence-electron chi connectivity index (χ4n) is 8.47. The summed E-state index contributed by atoms with van der Waals surface area (Å²) in [5, 5.41) is 24.5. The Hall–Kier alpha value is -4.34. The van der Waals surface area contributed by atoms with Crippen molar-refractivity contribution in [3.05, 3.63) is 71.3 Å². The number of phenolic OH excluding ortho intramolecular Hbond substituents is 1. The lowest BCUT2D eigenvalue weighted by atomic mass is 9.62. The van der Waals surface area contributed by atoms with E-state index in [1.54, 1.807) is 32.9 Å². The number of phenols is 1. The maximum absolute atomic E-state index is 15.0. The van der Waals surface area contributed by atoms with E-state index in [9.17, 15) is 24.6 Å². The minimum Gasteiger partial charge on any atom is -0.508 e. The Kier molecular flexibility index (Phi) is 10.8. The number of allylic oxidation sites excluding steroid dienone is 1. The zero-order valence-corrected chi connectivity index (χ0v) is 30.8. The molecule has 5 fully saturated rings. The topological polar surface area (TPSA) is 173 Å². The summed E-state index contributed by atoms with van der Waals surface area (Å²) in [5.41, 5.74) is 0.547. The van der Waals surface area contributed by atoms with Crippen LogP contribution in [0.15, 0.2) is 54.6 Å². The number of aromatic hydroxyl groups is 1. The molecule has 4 saturated heterocycles. The average molecular weight is 748 g/mol. The number of esters is 2. The third-order valence-corrected chi connectivity index (χ3v) is 10.9. The number of ether oxygens (including phenoxy) is 4. The number of rotatable bonds is 12. The first kappa shape index (κ1) is 38.0. The third kappa shape index (κ3) is 7.50. The maximum atomic E-state index is 15.0. The van der Waals surface area contributed by atoms with E-state index in [1.807, 2.05) is 48.6 Å². The number of fused-ring (bicyclic) bond motifs is 4. The number of benzene rings is 2. The van der Waals surface area contributed by atoms with Gasteiger partial charge < -0.3 is 39.4 Å². The predicted molar refractivity (Wildman–Crippen MR) is 192 cm³/mol. The van der Waals surface area contributed by atoms with Crippen LogP contribution < -0.4 is 5.32 Å². The van der Waals surface area contributed by atoms with Crippen molar-refractivity contribution in [2.24, 2.45) is 5.41 Å². The highest BCUT2D eigenvalue weighted by Crippen LogP contribution is 2.56. The van der Waals surface area contributed by atoms with Crippen LogP contribution >= 0.6 is 0 Å². The molecule has 3 N–H and O–H groups in total. The molecule has 0 aromatic heterocycles. The van der Waals surface area contributed by atoms with Crippen LogP contribution in [-0.4, -0.2) is 112 Å². The molecule has 5 aliphatic rings. The van der Waals surface area contributed by atoms with Crippen molar-refractivity contribution in [2.45, 2.75) is 114 Å². The van der Waals surface area contributed by atoms with Crippen LogP contribution in [0.2, 0.25) is 0 Å². The van der Waals surface area contributed by atoms with Crippen molar-refractivity contribution in [2.75, 3.05) is 19.9 Å². The lowest BCUT2D eigenvalue weighted by Gasteiger charge is -2.50. The number of aliphatic hydroxyl groups is 1. The minimum absolute atomic E-state index is 0.00291. The van der Waals surface area contributed by atoms with E-state index in [2.05, 4.69) is 5.32 Å². The lowest BCUT2D eigenvalue weighted by molar-refractivity contribution is -0.204. The molecule has 0 spiro atoms. The number of carbonyl (C=O) groups is 4. The highest BCUT2D eigenvalue weighted by atomic mass is 16.8. The normalized spacial score (nSPS) is 29.6. The quantitative estimate of drug-likeness (QED) is 0.272. The summed E-state index contributed by atoms with van der Waals surface area (Å²) in [6.07, 6.45) is 2.91. The number of para-hydroxylation sites is 1. The van der Waals surface area contributed by atoms with Crippen LogP contribution in [-0.2, 0) is 55.9 Å². The van der Waals surface area contributed by atoms with Crippen molar-refractivity contribution >= 4 is 29.8 Å².